The van der Waals surface area contributed by atoms with Crippen LogP contribution < -0.4 is 15.2 Å². The second kappa shape index (κ2) is 11.8. The van der Waals surface area contributed by atoms with Crippen LogP contribution in [0.25, 0.3) is 0 Å². The van der Waals surface area contributed by atoms with Crippen LogP contribution in [0.4, 0.5) is 11.5 Å². The van der Waals surface area contributed by atoms with Crippen LogP contribution in [0.3, 0.4) is 0 Å². The zero-order valence-electron chi connectivity index (χ0n) is 19.2. The highest BCUT2D eigenvalue weighted by atomic mass is 15.4. The molecule has 2 rings (SSSR count). The molecule has 2 heterocycles. The van der Waals surface area contributed by atoms with Crippen LogP contribution in [0, 0.1) is 0 Å². The first-order valence-electron chi connectivity index (χ1n) is 11.0. The molecular formula is C24H39N5. The van der Waals surface area contributed by atoms with E-state index < -0.39 is 0 Å². The minimum absolute atomic E-state index is 0.634. The van der Waals surface area contributed by atoms with Crippen LogP contribution in [0.2, 0.25) is 0 Å². The molecule has 0 saturated carbocycles. The van der Waals surface area contributed by atoms with E-state index in [-0.39, 0.29) is 0 Å². The van der Waals surface area contributed by atoms with E-state index in [1.807, 2.05) is 25.3 Å². The van der Waals surface area contributed by atoms with Gasteiger partial charge in [0.05, 0.1) is 17.6 Å². The monoisotopic (exact) mass is 397 g/mol. The lowest BCUT2D eigenvalue weighted by Crippen LogP contribution is -2.41. The summed E-state index contributed by atoms with van der Waals surface area (Å²) in [7, 11) is 4.04. The van der Waals surface area contributed by atoms with Crippen molar-refractivity contribution in [3.8, 4) is 0 Å². The number of pyridine rings is 1. The lowest BCUT2D eigenvalue weighted by Gasteiger charge is -2.32. The number of allylic oxidation sites excluding steroid dienone is 4. The summed E-state index contributed by atoms with van der Waals surface area (Å²) in [5, 5.41) is 10.1. The van der Waals surface area contributed by atoms with Crippen LogP contribution in [0.15, 0.2) is 46.7 Å². The molecule has 1 aromatic heterocycles. The Morgan fingerprint density at radius 3 is 2.55 bits per heavy atom. The summed E-state index contributed by atoms with van der Waals surface area (Å²) in [6, 6.07) is 4.86. The van der Waals surface area contributed by atoms with Crippen LogP contribution >= 0.6 is 0 Å². The number of nitrogens with zero attached hydrogens (tertiary/aromatic N) is 4. The van der Waals surface area contributed by atoms with Gasteiger partial charge in [-0.15, -0.1) is 0 Å². The lowest BCUT2D eigenvalue weighted by atomic mass is 10.1. The molecule has 1 aliphatic rings. The molecule has 0 bridgehead atoms. The van der Waals surface area contributed by atoms with Crippen molar-refractivity contribution in [2.75, 3.05) is 37.1 Å². The summed E-state index contributed by atoms with van der Waals surface area (Å²) in [6.07, 6.45) is 12.3. The lowest BCUT2D eigenvalue weighted by molar-refractivity contribution is 0.441. The standard InChI is InChI=1S/C24H39N5/c1-7-8-9-10-11-23(19(2)3)20(4)27-28(6)22-12-13-24(26-18-22)29-16-14-21(25-5)15-17-29/h10-13,18,21,25H,7-9,14-17H2,1-6H3/b11-10-,27-20+. The SMILES string of the molecule is CCCC/C=C\C(=C(C)C)/C(C)=N/N(C)c1ccc(N2CCC(NC)CC2)nc1. The summed E-state index contributed by atoms with van der Waals surface area (Å²) in [5.41, 5.74) is 4.52. The van der Waals surface area contributed by atoms with E-state index >= 15 is 0 Å². The third kappa shape index (κ3) is 7.00. The Bertz CT molecular complexity index is 705. The van der Waals surface area contributed by atoms with Crippen LogP contribution in [-0.4, -0.2) is 43.9 Å². The maximum absolute atomic E-state index is 4.81. The number of hydrogen-bond acceptors (Lipinski definition) is 5. The average Bonchev–Trinajstić information content (AvgIpc) is 2.73. The van der Waals surface area contributed by atoms with Crippen LogP contribution in [-0.2, 0) is 0 Å². The molecular weight excluding hydrogens is 358 g/mol. The molecule has 5 nitrogen and oxygen atoms in total. The molecule has 160 valence electrons. The average molecular weight is 398 g/mol. The molecule has 1 saturated heterocycles. The van der Waals surface area contributed by atoms with E-state index in [0.29, 0.717) is 6.04 Å². The second-order valence-electron chi connectivity index (χ2n) is 8.09. The van der Waals surface area contributed by atoms with Gasteiger partial charge in [-0.2, -0.15) is 5.10 Å². The topological polar surface area (TPSA) is 43.8 Å². The third-order valence-corrected chi connectivity index (χ3v) is 5.57. The van der Waals surface area contributed by atoms with Gasteiger partial charge in [-0.3, -0.25) is 5.01 Å². The molecule has 0 amide bonds. The van der Waals surface area contributed by atoms with E-state index in [1.165, 1.54) is 36.8 Å². The third-order valence-electron chi connectivity index (χ3n) is 5.57. The first kappa shape index (κ1) is 23.1. The normalized spacial score (nSPS) is 15.8. The molecule has 29 heavy (non-hydrogen) atoms. The fraction of sp³-hybridized carbons (Fsp3) is 0.583. The molecule has 1 N–H and O–H groups in total. The second-order valence-corrected chi connectivity index (χ2v) is 8.09. The van der Waals surface area contributed by atoms with Crippen molar-refractivity contribution in [3.05, 3.63) is 41.6 Å². The van der Waals surface area contributed by atoms with Crippen molar-refractivity contribution in [2.45, 2.75) is 65.8 Å². The van der Waals surface area contributed by atoms with Crippen molar-refractivity contribution in [2.24, 2.45) is 5.10 Å². The van der Waals surface area contributed by atoms with Crippen LogP contribution in [0.1, 0.15) is 59.8 Å². The van der Waals surface area contributed by atoms with Gasteiger partial charge in [-0.1, -0.05) is 37.5 Å². The summed E-state index contributed by atoms with van der Waals surface area (Å²) in [4.78, 5) is 7.07. The first-order valence-corrected chi connectivity index (χ1v) is 11.0. The number of piperidine rings is 1. The number of nitrogens with one attached hydrogen (secondary N) is 1. The Morgan fingerprint density at radius 2 is 2.00 bits per heavy atom. The predicted molar refractivity (Wildman–Crippen MR) is 127 cm³/mol. The highest BCUT2D eigenvalue weighted by Gasteiger charge is 2.18. The van der Waals surface area contributed by atoms with Gasteiger partial charge in [0.15, 0.2) is 0 Å². The van der Waals surface area contributed by atoms with E-state index in [1.54, 1.807) is 0 Å². The minimum atomic E-state index is 0.634. The smallest absolute Gasteiger partial charge is 0.128 e. The summed E-state index contributed by atoms with van der Waals surface area (Å²) < 4.78 is 0. The van der Waals surface area contributed by atoms with Crippen molar-refractivity contribution in [1.29, 1.82) is 0 Å². The number of unbranched alkanes of at least 4 members (excludes halogenated alkanes) is 2. The zero-order valence-corrected chi connectivity index (χ0v) is 19.2. The Balaban J connectivity index is 2.04. The van der Waals surface area contributed by atoms with Gasteiger partial charge in [0.1, 0.15) is 5.82 Å². The van der Waals surface area contributed by atoms with Gasteiger partial charge in [0.25, 0.3) is 0 Å². The molecule has 0 aliphatic carbocycles. The number of hydrogen-bond donors (Lipinski definition) is 1. The Kier molecular flexibility index (Phi) is 9.39. The molecule has 0 aromatic carbocycles. The molecule has 0 unspecified atom stereocenters. The molecule has 1 aliphatic heterocycles. The fourth-order valence-corrected chi connectivity index (χ4v) is 3.66. The van der Waals surface area contributed by atoms with Gasteiger partial charge in [-0.05, 0) is 64.8 Å². The van der Waals surface area contributed by atoms with Gasteiger partial charge in [-0.25, -0.2) is 4.98 Å². The Morgan fingerprint density at radius 1 is 1.28 bits per heavy atom. The summed E-state index contributed by atoms with van der Waals surface area (Å²) in [5.74, 6) is 1.06. The molecule has 5 heteroatoms. The molecule has 0 spiro atoms. The zero-order chi connectivity index (χ0) is 21.2. The highest BCUT2D eigenvalue weighted by molar-refractivity contribution is 6.01. The van der Waals surface area contributed by atoms with Crippen molar-refractivity contribution in [3.63, 3.8) is 0 Å². The Labute approximate surface area is 177 Å². The fourth-order valence-electron chi connectivity index (χ4n) is 3.66. The molecule has 1 fully saturated rings. The maximum Gasteiger partial charge on any atom is 0.128 e. The van der Waals surface area contributed by atoms with E-state index in [0.717, 1.165) is 36.7 Å². The maximum atomic E-state index is 4.81. The number of rotatable bonds is 9. The number of hydrazone groups is 1. The first-order chi connectivity index (χ1) is 14.0. The van der Waals surface area contributed by atoms with Gasteiger partial charge < -0.3 is 10.2 Å². The molecule has 0 atom stereocenters. The minimum Gasteiger partial charge on any atom is -0.357 e. The van der Waals surface area contributed by atoms with Gasteiger partial charge in [0.2, 0.25) is 0 Å². The van der Waals surface area contributed by atoms with Gasteiger partial charge >= 0.3 is 0 Å². The number of aromatic nitrogens is 1. The highest BCUT2D eigenvalue weighted by Crippen LogP contribution is 2.21. The van der Waals surface area contributed by atoms with E-state index in [9.17, 15) is 0 Å². The Hall–Kier alpha value is -2.14. The van der Waals surface area contributed by atoms with Gasteiger partial charge in [0, 0.05) is 26.2 Å². The predicted octanol–water partition coefficient (Wildman–Crippen LogP) is 5.16. The quantitative estimate of drug-likeness (QED) is 0.270. The molecule has 1 aromatic rings. The van der Waals surface area contributed by atoms with Crippen molar-refractivity contribution >= 4 is 17.2 Å². The number of anilines is 2. The van der Waals surface area contributed by atoms with E-state index in [2.05, 4.69) is 62.2 Å². The van der Waals surface area contributed by atoms with E-state index in [4.69, 9.17) is 10.1 Å². The summed E-state index contributed by atoms with van der Waals surface area (Å²) in [6.45, 7) is 10.7. The van der Waals surface area contributed by atoms with Crippen molar-refractivity contribution in [1.82, 2.24) is 10.3 Å². The van der Waals surface area contributed by atoms with Crippen molar-refractivity contribution < 1.29 is 0 Å². The summed E-state index contributed by atoms with van der Waals surface area (Å²) >= 11 is 0. The molecule has 0 radical (unpaired) electrons. The largest absolute Gasteiger partial charge is 0.357 e. The van der Waals surface area contributed by atoms with Crippen LogP contribution in [0.5, 0.6) is 0 Å².